The minimum atomic E-state index is 0.0607. The zero-order valence-electron chi connectivity index (χ0n) is 12.1. The molecule has 4 nitrogen and oxygen atoms in total. The van der Waals surface area contributed by atoms with Crippen molar-refractivity contribution in [2.75, 3.05) is 16.4 Å². The van der Waals surface area contributed by atoms with E-state index in [-0.39, 0.29) is 5.91 Å². The highest BCUT2D eigenvalue weighted by Gasteiger charge is 2.16. The van der Waals surface area contributed by atoms with E-state index in [1.807, 2.05) is 24.3 Å². The zero-order valence-corrected chi connectivity index (χ0v) is 12.1. The molecule has 1 aliphatic rings. The van der Waals surface area contributed by atoms with E-state index in [4.69, 9.17) is 5.73 Å². The van der Waals surface area contributed by atoms with Gasteiger partial charge < -0.3 is 16.4 Å². The van der Waals surface area contributed by atoms with Crippen LogP contribution in [0.1, 0.15) is 24.5 Å². The van der Waals surface area contributed by atoms with Crippen LogP contribution >= 0.6 is 0 Å². The number of hydrogen-bond donors (Lipinski definition) is 3. The van der Waals surface area contributed by atoms with Crippen molar-refractivity contribution in [1.82, 2.24) is 0 Å². The summed E-state index contributed by atoms with van der Waals surface area (Å²) in [6.45, 7) is 2.13. The van der Waals surface area contributed by atoms with Crippen LogP contribution in [0.5, 0.6) is 0 Å². The topological polar surface area (TPSA) is 67.1 Å². The van der Waals surface area contributed by atoms with Gasteiger partial charge in [0.1, 0.15) is 0 Å². The van der Waals surface area contributed by atoms with Gasteiger partial charge in [0, 0.05) is 17.8 Å². The van der Waals surface area contributed by atoms with Crippen molar-refractivity contribution >= 4 is 28.7 Å². The van der Waals surface area contributed by atoms with Gasteiger partial charge in [0.05, 0.1) is 11.4 Å². The Morgan fingerprint density at radius 1 is 1.19 bits per heavy atom. The molecule has 3 rings (SSSR count). The largest absolute Gasteiger partial charge is 0.397 e. The average Bonchev–Trinajstić information content (AvgIpc) is 2.49. The molecule has 21 heavy (non-hydrogen) atoms. The van der Waals surface area contributed by atoms with Gasteiger partial charge in [-0.15, -0.1) is 0 Å². The van der Waals surface area contributed by atoms with Crippen LogP contribution in [0.15, 0.2) is 36.4 Å². The van der Waals surface area contributed by atoms with Crippen molar-refractivity contribution in [2.45, 2.75) is 26.2 Å². The summed E-state index contributed by atoms with van der Waals surface area (Å²) in [4.78, 5) is 11.5. The second kappa shape index (κ2) is 5.48. The van der Waals surface area contributed by atoms with Crippen LogP contribution in [0.25, 0.3) is 0 Å². The molecule has 2 aromatic carbocycles. The molecule has 1 heterocycles. The van der Waals surface area contributed by atoms with E-state index in [1.165, 1.54) is 5.56 Å². The Labute approximate surface area is 124 Å². The summed E-state index contributed by atoms with van der Waals surface area (Å²) in [7, 11) is 0. The number of hydrogen-bond acceptors (Lipinski definition) is 3. The Morgan fingerprint density at radius 2 is 1.95 bits per heavy atom. The third-order valence-corrected chi connectivity index (χ3v) is 3.81. The number of carbonyl (C=O) groups excluding carboxylic acids is 1. The van der Waals surface area contributed by atoms with Crippen molar-refractivity contribution in [3.63, 3.8) is 0 Å². The molecule has 0 unspecified atom stereocenters. The lowest BCUT2D eigenvalue weighted by Crippen LogP contribution is -2.19. The van der Waals surface area contributed by atoms with Gasteiger partial charge in [-0.1, -0.05) is 19.1 Å². The lowest BCUT2D eigenvalue weighted by atomic mass is 10.0. The number of nitrogens with one attached hydrogen (secondary N) is 2. The summed E-state index contributed by atoms with van der Waals surface area (Å²) in [6.07, 6.45) is 2.29. The number of benzene rings is 2. The molecule has 0 bridgehead atoms. The number of nitrogen functional groups attached to an aromatic ring is 1. The fraction of sp³-hybridized carbons (Fsp3) is 0.235. The van der Waals surface area contributed by atoms with Crippen LogP contribution in [-0.4, -0.2) is 5.91 Å². The highest BCUT2D eigenvalue weighted by Crippen LogP contribution is 2.32. The Balaban J connectivity index is 1.87. The first-order valence-electron chi connectivity index (χ1n) is 7.24. The number of fused-ring (bicyclic) bond motifs is 1. The molecule has 0 aliphatic carbocycles. The maximum absolute atomic E-state index is 11.5. The maximum Gasteiger partial charge on any atom is 0.224 e. The molecule has 4 N–H and O–H groups in total. The summed E-state index contributed by atoms with van der Waals surface area (Å²) >= 11 is 0. The standard InChI is InChI=1S/C17H19N3O/c1-2-11-3-6-13(7-4-11)19-16-10-15-12(9-14(16)18)5-8-17(21)20-15/h3-4,6-7,9-10,19H,2,5,8,18H2,1H3,(H,20,21). The van der Waals surface area contributed by atoms with Gasteiger partial charge in [0.2, 0.25) is 5.91 Å². The quantitative estimate of drug-likeness (QED) is 0.755. The number of carbonyl (C=O) groups is 1. The molecule has 1 aliphatic heterocycles. The minimum Gasteiger partial charge on any atom is -0.397 e. The molecule has 2 aromatic rings. The van der Waals surface area contributed by atoms with E-state index in [0.29, 0.717) is 12.1 Å². The molecule has 0 aromatic heterocycles. The Bertz CT molecular complexity index is 677. The SMILES string of the molecule is CCc1ccc(Nc2cc3c(cc2N)CCC(=O)N3)cc1. The lowest BCUT2D eigenvalue weighted by Gasteiger charge is -2.20. The molecule has 0 fully saturated rings. The van der Waals surface area contributed by atoms with Gasteiger partial charge >= 0.3 is 0 Å². The van der Waals surface area contributed by atoms with Crippen LogP contribution in [0.2, 0.25) is 0 Å². The van der Waals surface area contributed by atoms with Crippen molar-refractivity contribution in [2.24, 2.45) is 0 Å². The summed E-state index contributed by atoms with van der Waals surface area (Å²) in [6, 6.07) is 12.1. The van der Waals surface area contributed by atoms with E-state index in [2.05, 4.69) is 29.7 Å². The lowest BCUT2D eigenvalue weighted by molar-refractivity contribution is -0.116. The van der Waals surface area contributed by atoms with Crippen molar-refractivity contribution in [3.8, 4) is 0 Å². The molecule has 0 radical (unpaired) electrons. The van der Waals surface area contributed by atoms with E-state index < -0.39 is 0 Å². The summed E-state index contributed by atoms with van der Waals surface area (Å²) in [5, 5.41) is 6.21. The first-order valence-corrected chi connectivity index (χ1v) is 7.24. The fourth-order valence-electron chi connectivity index (χ4n) is 2.54. The summed E-state index contributed by atoms with van der Waals surface area (Å²) in [5.41, 5.74) is 11.9. The van der Waals surface area contributed by atoms with Crippen LogP contribution in [0.4, 0.5) is 22.7 Å². The second-order valence-corrected chi connectivity index (χ2v) is 5.32. The molecule has 1 amide bonds. The smallest absolute Gasteiger partial charge is 0.224 e. The zero-order chi connectivity index (χ0) is 14.8. The van der Waals surface area contributed by atoms with Gasteiger partial charge in [-0.3, -0.25) is 4.79 Å². The second-order valence-electron chi connectivity index (χ2n) is 5.32. The molecule has 0 spiro atoms. The molecule has 0 atom stereocenters. The normalized spacial score (nSPS) is 13.5. The number of nitrogens with two attached hydrogens (primary N) is 1. The molecule has 0 saturated heterocycles. The van der Waals surface area contributed by atoms with Gasteiger partial charge in [0.25, 0.3) is 0 Å². The van der Waals surface area contributed by atoms with Crippen molar-refractivity contribution in [3.05, 3.63) is 47.5 Å². The maximum atomic E-state index is 11.5. The first-order chi connectivity index (χ1) is 10.2. The third-order valence-electron chi connectivity index (χ3n) is 3.81. The molecule has 108 valence electrons. The van der Waals surface area contributed by atoms with Gasteiger partial charge in [0.15, 0.2) is 0 Å². The molecular formula is C17H19N3O. The Hall–Kier alpha value is -2.49. The van der Waals surface area contributed by atoms with Crippen LogP contribution in [-0.2, 0) is 17.6 Å². The minimum absolute atomic E-state index is 0.0607. The Morgan fingerprint density at radius 3 is 2.67 bits per heavy atom. The van der Waals surface area contributed by atoms with Crippen molar-refractivity contribution < 1.29 is 4.79 Å². The first kappa shape index (κ1) is 13.5. The van der Waals surface area contributed by atoms with Gasteiger partial charge in [-0.05, 0) is 48.2 Å². The molecule has 4 heteroatoms. The van der Waals surface area contributed by atoms with Crippen LogP contribution in [0.3, 0.4) is 0 Å². The third kappa shape index (κ3) is 2.84. The average molecular weight is 281 g/mol. The van der Waals surface area contributed by atoms with Crippen LogP contribution < -0.4 is 16.4 Å². The highest BCUT2D eigenvalue weighted by atomic mass is 16.1. The number of amides is 1. The number of rotatable bonds is 3. The van der Waals surface area contributed by atoms with E-state index in [9.17, 15) is 4.79 Å². The van der Waals surface area contributed by atoms with Gasteiger partial charge in [-0.25, -0.2) is 0 Å². The predicted molar refractivity (Wildman–Crippen MR) is 86.9 cm³/mol. The summed E-state index contributed by atoms with van der Waals surface area (Å²) < 4.78 is 0. The van der Waals surface area contributed by atoms with E-state index in [1.54, 1.807) is 0 Å². The monoisotopic (exact) mass is 281 g/mol. The number of anilines is 4. The highest BCUT2D eigenvalue weighted by molar-refractivity contribution is 5.96. The Kier molecular flexibility index (Phi) is 3.52. The molecule has 0 saturated carbocycles. The van der Waals surface area contributed by atoms with E-state index in [0.717, 1.165) is 35.5 Å². The van der Waals surface area contributed by atoms with Crippen LogP contribution in [0, 0.1) is 0 Å². The summed E-state index contributed by atoms with van der Waals surface area (Å²) in [5.74, 6) is 0.0607. The van der Waals surface area contributed by atoms with Gasteiger partial charge in [-0.2, -0.15) is 0 Å². The number of aryl methyl sites for hydroxylation is 2. The molecular weight excluding hydrogens is 262 g/mol. The van der Waals surface area contributed by atoms with Crippen molar-refractivity contribution in [1.29, 1.82) is 0 Å². The van der Waals surface area contributed by atoms with E-state index >= 15 is 0 Å². The fourth-order valence-corrected chi connectivity index (χ4v) is 2.54. The predicted octanol–water partition coefficient (Wildman–Crippen LogP) is 3.46.